The van der Waals surface area contributed by atoms with Gasteiger partial charge < -0.3 is 4.57 Å². The van der Waals surface area contributed by atoms with E-state index in [0.717, 1.165) is 0 Å². The second-order valence-electron chi connectivity index (χ2n) is 4.95. The highest BCUT2D eigenvalue weighted by molar-refractivity contribution is 6.77. The molecular weight excluding hydrogens is 309 g/mol. The quantitative estimate of drug-likeness (QED) is 0.619. The second-order valence-corrected chi connectivity index (χ2v) is 7.23. The molecule has 6 heteroatoms. The highest BCUT2D eigenvalue weighted by Gasteiger charge is 2.34. The van der Waals surface area contributed by atoms with Gasteiger partial charge in [0.15, 0.2) is 5.78 Å². The molecule has 0 aromatic carbocycles. The highest BCUT2D eigenvalue weighted by atomic mass is 35.6. The Hall–Kier alpha value is -0.510. The highest BCUT2D eigenvalue weighted by Crippen LogP contribution is 2.31. The van der Waals surface area contributed by atoms with E-state index in [1.165, 1.54) is 10.6 Å². The summed E-state index contributed by atoms with van der Waals surface area (Å²) in [6, 6.07) is 1.48. The van der Waals surface area contributed by atoms with E-state index < -0.39 is 9.58 Å². The van der Waals surface area contributed by atoms with Crippen LogP contribution in [-0.4, -0.2) is 19.9 Å². The Kier molecular flexibility index (Phi) is 5.10. The summed E-state index contributed by atoms with van der Waals surface area (Å²) in [5, 5.41) is 0. The maximum absolute atomic E-state index is 12.2. The van der Waals surface area contributed by atoms with Gasteiger partial charge in [-0.15, -0.1) is 0 Å². The SMILES string of the molecule is CC(C)C(C)C(=O)c1cc(C(=O)C(Cl)(Cl)Cl)n(C)c1. The first-order chi connectivity index (χ1) is 8.55. The largest absolute Gasteiger partial charge is 0.347 e. The number of aromatic nitrogens is 1. The molecule has 0 N–H and O–H groups in total. The average molecular weight is 325 g/mol. The zero-order valence-corrected chi connectivity index (χ0v) is 13.5. The third-order valence-electron chi connectivity index (χ3n) is 3.19. The van der Waals surface area contributed by atoms with Crippen molar-refractivity contribution in [2.75, 3.05) is 0 Å². The first kappa shape index (κ1) is 16.5. The van der Waals surface area contributed by atoms with Gasteiger partial charge in [-0.2, -0.15) is 0 Å². The van der Waals surface area contributed by atoms with Gasteiger partial charge in [0.05, 0.1) is 5.69 Å². The van der Waals surface area contributed by atoms with Crippen LogP contribution in [0.1, 0.15) is 41.6 Å². The van der Waals surface area contributed by atoms with Gasteiger partial charge in [-0.3, -0.25) is 9.59 Å². The van der Waals surface area contributed by atoms with Crippen LogP contribution >= 0.6 is 34.8 Å². The van der Waals surface area contributed by atoms with Crippen LogP contribution in [0.25, 0.3) is 0 Å². The average Bonchev–Trinajstić information content (AvgIpc) is 2.66. The van der Waals surface area contributed by atoms with E-state index >= 15 is 0 Å². The van der Waals surface area contributed by atoms with Gasteiger partial charge in [-0.05, 0) is 12.0 Å². The van der Waals surface area contributed by atoms with Crippen molar-refractivity contribution in [3.8, 4) is 0 Å². The number of carbonyl (C=O) groups excluding carboxylic acids is 2. The van der Waals surface area contributed by atoms with Gasteiger partial charge in [-0.1, -0.05) is 55.6 Å². The number of nitrogens with zero attached hydrogens (tertiary/aromatic N) is 1. The zero-order chi connectivity index (χ0) is 15.0. The van der Waals surface area contributed by atoms with Crippen molar-refractivity contribution in [1.29, 1.82) is 0 Å². The predicted octanol–water partition coefficient (Wildman–Crippen LogP) is 4.05. The first-order valence-corrected chi connectivity index (χ1v) is 7.01. The number of aryl methyl sites for hydroxylation is 1. The molecule has 1 heterocycles. The third kappa shape index (κ3) is 3.74. The van der Waals surface area contributed by atoms with Gasteiger partial charge in [0.25, 0.3) is 3.79 Å². The summed E-state index contributed by atoms with van der Waals surface area (Å²) in [7, 11) is 1.64. The van der Waals surface area contributed by atoms with E-state index in [1.807, 2.05) is 20.8 Å². The maximum atomic E-state index is 12.2. The minimum atomic E-state index is -2.02. The number of halogens is 3. The maximum Gasteiger partial charge on any atom is 0.255 e. The van der Waals surface area contributed by atoms with Crippen LogP contribution in [-0.2, 0) is 7.05 Å². The van der Waals surface area contributed by atoms with Crippen LogP contribution in [0.3, 0.4) is 0 Å². The van der Waals surface area contributed by atoms with E-state index in [9.17, 15) is 9.59 Å². The monoisotopic (exact) mass is 323 g/mol. The molecule has 1 atom stereocenters. The molecule has 0 radical (unpaired) electrons. The Labute approximate surface area is 127 Å². The molecule has 0 fully saturated rings. The molecule has 1 rings (SSSR count). The number of ketones is 2. The fourth-order valence-electron chi connectivity index (χ4n) is 1.64. The molecule has 0 amide bonds. The van der Waals surface area contributed by atoms with Gasteiger partial charge in [-0.25, -0.2) is 0 Å². The number of rotatable bonds is 4. The molecule has 1 aromatic heterocycles. The summed E-state index contributed by atoms with van der Waals surface area (Å²) in [6.07, 6.45) is 1.59. The molecule has 0 saturated carbocycles. The van der Waals surface area contributed by atoms with Crippen molar-refractivity contribution in [2.24, 2.45) is 18.9 Å². The van der Waals surface area contributed by atoms with Crippen molar-refractivity contribution in [3.63, 3.8) is 0 Å². The fourth-order valence-corrected chi connectivity index (χ4v) is 1.93. The van der Waals surface area contributed by atoms with Crippen LogP contribution in [0, 0.1) is 11.8 Å². The van der Waals surface area contributed by atoms with Gasteiger partial charge in [0.2, 0.25) is 5.78 Å². The number of hydrogen-bond donors (Lipinski definition) is 0. The summed E-state index contributed by atoms with van der Waals surface area (Å²) in [6.45, 7) is 5.80. The van der Waals surface area contributed by atoms with Crippen molar-refractivity contribution < 1.29 is 9.59 Å². The Balaban J connectivity index is 3.10. The van der Waals surface area contributed by atoms with Crippen LogP contribution in [0.2, 0.25) is 0 Å². The summed E-state index contributed by atoms with van der Waals surface area (Å²) in [5.41, 5.74) is 0.667. The summed E-state index contributed by atoms with van der Waals surface area (Å²) >= 11 is 16.7. The minimum absolute atomic E-state index is 0.0195. The van der Waals surface area contributed by atoms with E-state index in [-0.39, 0.29) is 23.3 Å². The molecule has 3 nitrogen and oxygen atoms in total. The minimum Gasteiger partial charge on any atom is -0.347 e. The summed E-state index contributed by atoms with van der Waals surface area (Å²) in [4.78, 5) is 24.1. The molecule has 1 unspecified atom stereocenters. The molecule has 19 heavy (non-hydrogen) atoms. The standard InChI is InChI=1S/C13H16Cl3NO2/c1-7(2)8(3)11(18)9-5-10(17(4)6-9)12(19)13(14,15)16/h5-8H,1-4H3. The lowest BCUT2D eigenvalue weighted by atomic mass is 9.91. The molecule has 0 spiro atoms. The Morgan fingerprint density at radius 3 is 2.16 bits per heavy atom. The van der Waals surface area contributed by atoms with E-state index in [1.54, 1.807) is 13.2 Å². The van der Waals surface area contributed by atoms with Gasteiger partial charge in [0.1, 0.15) is 0 Å². The Bertz CT molecular complexity index is 500. The molecule has 0 aliphatic carbocycles. The number of Topliss-reactive ketones (excluding diaryl/α,β-unsaturated/α-hetero) is 2. The van der Waals surface area contributed by atoms with Crippen molar-refractivity contribution >= 4 is 46.4 Å². The molecule has 0 aliphatic heterocycles. The smallest absolute Gasteiger partial charge is 0.255 e. The normalized spacial score (nSPS) is 13.7. The van der Waals surface area contributed by atoms with E-state index in [2.05, 4.69) is 0 Å². The molecule has 1 aromatic rings. The van der Waals surface area contributed by atoms with Crippen molar-refractivity contribution in [3.05, 3.63) is 23.5 Å². The topological polar surface area (TPSA) is 39.1 Å². The first-order valence-electron chi connectivity index (χ1n) is 5.87. The van der Waals surface area contributed by atoms with Gasteiger partial charge in [0, 0.05) is 24.7 Å². The van der Waals surface area contributed by atoms with E-state index in [0.29, 0.717) is 5.56 Å². The molecule has 0 bridgehead atoms. The zero-order valence-electron chi connectivity index (χ0n) is 11.2. The lowest BCUT2D eigenvalue weighted by Crippen LogP contribution is -2.21. The molecule has 0 aliphatic rings. The van der Waals surface area contributed by atoms with E-state index in [4.69, 9.17) is 34.8 Å². The van der Waals surface area contributed by atoms with Crippen molar-refractivity contribution in [2.45, 2.75) is 24.6 Å². The Morgan fingerprint density at radius 2 is 1.74 bits per heavy atom. The molecular formula is C13H16Cl3NO2. The van der Waals surface area contributed by atoms with Crippen LogP contribution in [0.5, 0.6) is 0 Å². The van der Waals surface area contributed by atoms with Crippen LogP contribution in [0.15, 0.2) is 12.3 Å². The Morgan fingerprint density at radius 1 is 1.21 bits per heavy atom. The van der Waals surface area contributed by atoms with Crippen LogP contribution in [0.4, 0.5) is 0 Å². The third-order valence-corrected chi connectivity index (χ3v) is 3.71. The molecule has 0 saturated heterocycles. The number of hydrogen-bond acceptors (Lipinski definition) is 2. The van der Waals surface area contributed by atoms with Crippen molar-refractivity contribution in [1.82, 2.24) is 4.57 Å². The van der Waals surface area contributed by atoms with Gasteiger partial charge >= 0.3 is 0 Å². The summed E-state index contributed by atoms with van der Waals surface area (Å²) in [5.74, 6) is -0.566. The number of alkyl halides is 3. The second kappa shape index (κ2) is 5.86. The fraction of sp³-hybridized carbons (Fsp3) is 0.538. The van der Waals surface area contributed by atoms with Crippen LogP contribution < -0.4 is 0 Å². The summed E-state index contributed by atoms with van der Waals surface area (Å²) < 4.78 is -0.513. The molecule has 106 valence electrons. The number of carbonyl (C=O) groups is 2. The predicted molar refractivity (Wildman–Crippen MR) is 78.4 cm³/mol. The lowest BCUT2D eigenvalue weighted by molar-refractivity contribution is 0.0899. The lowest BCUT2D eigenvalue weighted by Gasteiger charge is -2.12.